The molecule has 0 aromatic heterocycles. The van der Waals surface area contributed by atoms with Crippen molar-refractivity contribution < 1.29 is 4.79 Å². The molecule has 84 valence electrons. The van der Waals surface area contributed by atoms with Crippen LogP contribution in [0.25, 0.3) is 0 Å². The molecule has 0 aromatic carbocycles. The summed E-state index contributed by atoms with van der Waals surface area (Å²) < 4.78 is 0. The van der Waals surface area contributed by atoms with Gasteiger partial charge in [-0.1, -0.05) is 5.57 Å². The molecule has 2 unspecified atom stereocenters. The third-order valence-electron chi connectivity index (χ3n) is 3.73. The van der Waals surface area contributed by atoms with Crippen LogP contribution in [0.3, 0.4) is 0 Å². The van der Waals surface area contributed by atoms with Crippen LogP contribution in [0.2, 0.25) is 0 Å². The first-order chi connectivity index (χ1) is 6.84. The van der Waals surface area contributed by atoms with E-state index in [2.05, 4.69) is 10.6 Å². The summed E-state index contributed by atoms with van der Waals surface area (Å²) >= 11 is 0. The molecule has 1 aliphatic heterocycles. The number of nitrogens with one attached hydrogen (secondary N) is 2. The highest BCUT2D eigenvalue weighted by Gasteiger charge is 2.53. The Morgan fingerprint density at radius 2 is 2.00 bits per heavy atom. The number of allylic oxidation sites excluding steroid dienone is 1. The third-order valence-corrected chi connectivity index (χ3v) is 3.73. The number of halogens is 1. The van der Waals surface area contributed by atoms with Crippen LogP contribution in [-0.2, 0) is 4.79 Å². The number of piperidine rings is 1. The molecule has 0 spiro atoms. The van der Waals surface area contributed by atoms with E-state index in [-0.39, 0.29) is 18.3 Å². The first kappa shape index (κ1) is 11.0. The largest absolute Gasteiger partial charge is 0.349 e. The summed E-state index contributed by atoms with van der Waals surface area (Å²) in [6.07, 6.45) is 5.34. The van der Waals surface area contributed by atoms with Gasteiger partial charge in [0.25, 0.3) is 0 Å². The quantitative estimate of drug-likeness (QED) is 0.689. The highest BCUT2D eigenvalue weighted by Crippen LogP contribution is 2.41. The minimum Gasteiger partial charge on any atom is -0.349 e. The van der Waals surface area contributed by atoms with E-state index in [0.717, 1.165) is 37.8 Å². The summed E-state index contributed by atoms with van der Waals surface area (Å²) in [7, 11) is 0. The maximum absolute atomic E-state index is 11.5. The lowest BCUT2D eigenvalue weighted by Crippen LogP contribution is -2.31. The number of fused-ring (bicyclic) bond motifs is 1. The van der Waals surface area contributed by atoms with Crippen molar-refractivity contribution in [3.8, 4) is 0 Å². The van der Waals surface area contributed by atoms with E-state index in [0.29, 0.717) is 6.04 Å². The van der Waals surface area contributed by atoms with Crippen molar-refractivity contribution in [2.24, 2.45) is 11.8 Å². The van der Waals surface area contributed by atoms with Crippen molar-refractivity contribution in [1.82, 2.24) is 10.6 Å². The van der Waals surface area contributed by atoms with Crippen molar-refractivity contribution >= 4 is 18.3 Å². The van der Waals surface area contributed by atoms with Gasteiger partial charge in [0, 0.05) is 25.2 Å². The molecule has 0 bridgehead atoms. The van der Waals surface area contributed by atoms with Gasteiger partial charge < -0.3 is 10.6 Å². The minimum atomic E-state index is 0. The Morgan fingerprint density at radius 1 is 1.33 bits per heavy atom. The number of amides is 1. The molecule has 15 heavy (non-hydrogen) atoms. The number of rotatable bonds is 2. The van der Waals surface area contributed by atoms with Gasteiger partial charge in [0.2, 0.25) is 5.91 Å². The first-order valence-corrected chi connectivity index (χ1v) is 5.55. The summed E-state index contributed by atoms with van der Waals surface area (Å²) in [5.41, 5.74) is 1.33. The van der Waals surface area contributed by atoms with Gasteiger partial charge in [0.05, 0.1) is 0 Å². The van der Waals surface area contributed by atoms with Crippen molar-refractivity contribution in [3.05, 3.63) is 11.6 Å². The SMILES string of the molecule is Cl.O=C(C=C1CCC1)NC1C2CNCC21. The second kappa shape index (κ2) is 4.14. The van der Waals surface area contributed by atoms with Gasteiger partial charge in [-0.05, 0) is 31.1 Å². The lowest BCUT2D eigenvalue weighted by Gasteiger charge is -2.15. The molecule has 1 heterocycles. The van der Waals surface area contributed by atoms with Gasteiger partial charge >= 0.3 is 0 Å². The Balaban J connectivity index is 0.000000853. The molecule has 4 heteroatoms. The molecule has 0 aromatic rings. The minimum absolute atomic E-state index is 0. The van der Waals surface area contributed by atoms with Crippen LogP contribution in [0.15, 0.2) is 11.6 Å². The molecule has 2 N–H and O–H groups in total. The average Bonchev–Trinajstić information content (AvgIpc) is 2.61. The molecule has 3 fully saturated rings. The van der Waals surface area contributed by atoms with Crippen molar-refractivity contribution in [2.45, 2.75) is 25.3 Å². The molecule has 2 aliphatic carbocycles. The monoisotopic (exact) mass is 228 g/mol. The van der Waals surface area contributed by atoms with E-state index in [1.54, 1.807) is 0 Å². The lowest BCUT2D eigenvalue weighted by atomic mass is 9.92. The fourth-order valence-corrected chi connectivity index (χ4v) is 2.55. The number of carbonyl (C=O) groups is 1. The summed E-state index contributed by atoms with van der Waals surface area (Å²) in [5, 5.41) is 6.42. The first-order valence-electron chi connectivity index (χ1n) is 5.55. The highest BCUT2D eigenvalue weighted by molar-refractivity contribution is 5.89. The summed E-state index contributed by atoms with van der Waals surface area (Å²) in [6.45, 7) is 2.18. The molecule has 1 amide bonds. The molecule has 1 saturated heterocycles. The maximum atomic E-state index is 11.5. The molecular weight excluding hydrogens is 212 g/mol. The zero-order valence-electron chi connectivity index (χ0n) is 8.66. The summed E-state index contributed by atoms with van der Waals surface area (Å²) in [5.74, 6) is 1.58. The standard InChI is InChI=1S/C11H16N2O.ClH/c14-10(4-7-2-1-3-7)13-11-8-5-12-6-9(8)11;/h4,8-9,11-12H,1-3,5-6H2,(H,13,14);1H. The van der Waals surface area contributed by atoms with Crippen LogP contribution in [-0.4, -0.2) is 25.0 Å². The predicted molar refractivity (Wildman–Crippen MR) is 61.0 cm³/mol. The van der Waals surface area contributed by atoms with Gasteiger partial charge in [-0.25, -0.2) is 0 Å². The topological polar surface area (TPSA) is 41.1 Å². The van der Waals surface area contributed by atoms with Gasteiger partial charge in [-0.15, -0.1) is 12.4 Å². The smallest absolute Gasteiger partial charge is 0.244 e. The Hall–Kier alpha value is -0.540. The van der Waals surface area contributed by atoms with Crippen LogP contribution < -0.4 is 10.6 Å². The molecule has 3 nitrogen and oxygen atoms in total. The molecule has 3 aliphatic rings. The van der Waals surface area contributed by atoms with Gasteiger partial charge in [-0.3, -0.25) is 4.79 Å². The second-order valence-corrected chi connectivity index (χ2v) is 4.68. The highest BCUT2D eigenvalue weighted by atomic mass is 35.5. The van der Waals surface area contributed by atoms with Gasteiger partial charge in [0.15, 0.2) is 0 Å². The van der Waals surface area contributed by atoms with Crippen LogP contribution in [0.4, 0.5) is 0 Å². The molecule has 0 radical (unpaired) electrons. The third kappa shape index (κ3) is 2.04. The number of hydrogen-bond donors (Lipinski definition) is 2. The van der Waals surface area contributed by atoms with E-state index in [1.807, 2.05) is 6.08 Å². The maximum Gasteiger partial charge on any atom is 0.244 e. The van der Waals surface area contributed by atoms with E-state index >= 15 is 0 Å². The normalized spacial score (nSPS) is 36.0. The number of hydrogen-bond acceptors (Lipinski definition) is 2. The van der Waals surface area contributed by atoms with Gasteiger partial charge in [-0.2, -0.15) is 0 Å². The van der Waals surface area contributed by atoms with E-state index < -0.39 is 0 Å². The second-order valence-electron chi connectivity index (χ2n) is 4.68. The van der Waals surface area contributed by atoms with Crippen molar-refractivity contribution in [3.63, 3.8) is 0 Å². The fourth-order valence-electron chi connectivity index (χ4n) is 2.55. The van der Waals surface area contributed by atoms with Crippen molar-refractivity contribution in [2.75, 3.05) is 13.1 Å². The van der Waals surface area contributed by atoms with E-state index in [9.17, 15) is 4.79 Å². The van der Waals surface area contributed by atoms with Crippen molar-refractivity contribution in [1.29, 1.82) is 0 Å². The number of carbonyl (C=O) groups excluding carboxylic acids is 1. The summed E-state index contributed by atoms with van der Waals surface area (Å²) in [6, 6.07) is 0.473. The van der Waals surface area contributed by atoms with E-state index in [1.165, 1.54) is 12.0 Å². The van der Waals surface area contributed by atoms with Crippen LogP contribution in [0.1, 0.15) is 19.3 Å². The predicted octanol–water partition coefficient (Wildman–Crippen LogP) is 0.853. The van der Waals surface area contributed by atoms with Crippen LogP contribution in [0, 0.1) is 11.8 Å². The Morgan fingerprint density at radius 3 is 2.53 bits per heavy atom. The molecule has 3 rings (SSSR count). The lowest BCUT2D eigenvalue weighted by molar-refractivity contribution is -0.116. The zero-order chi connectivity index (χ0) is 9.54. The molecule has 2 atom stereocenters. The molecular formula is C11H17ClN2O. The van der Waals surface area contributed by atoms with Crippen LogP contribution in [0.5, 0.6) is 0 Å². The average molecular weight is 229 g/mol. The zero-order valence-corrected chi connectivity index (χ0v) is 9.48. The van der Waals surface area contributed by atoms with Crippen LogP contribution >= 0.6 is 12.4 Å². The Bertz CT molecular complexity index is 287. The fraction of sp³-hybridized carbons (Fsp3) is 0.727. The van der Waals surface area contributed by atoms with Gasteiger partial charge in [0.1, 0.15) is 0 Å². The Kier molecular flexibility index (Phi) is 3.03. The molecule has 2 saturated carbocycles. The van der Waals surface area contributed by atoms with E-state index in [4.69, 9.17) is 0 Å². The summed E-state index contributed by atoms with van der Waals surface area (Å²) in [4.78, 5) is 11.5. The Labute approximate surface area is 96.1 Å².